The van der Waals surface area contributed by atoms with Gasteiger partial charge in [-0.3, -0.25) is 9.59 Å². The summed E-state index contributed by atoms with van der Waals surface area (Å²) >= 11 is 0. The molecule has 0 aromatic rings. The Morgan fingerprint density at radius 1 is 1.14 bits per heavy atom. The Morgan fingerprint density at radius 2 is 1.82 bits per heavy atom. The molecule has 3 aliphatic rings. The molecule has 4 atom stereocenters. The van der Waals surface area contributed by atoms with E-state index in [1.807, 2.05) is 19.1 Å². The third kappa shape index (κ3) is 2.06. The van der Waals surface area contributed by atoms with E-state index in [4.69, 9.17) is 0 Å². The number of hydrogen-bond donors (Lipinski definition) is 0. The molecule has 0 N–H and O–H groups in total. The van der Waals surface area contributed by atoms with Crippen molar-refractivity contribution in [2.45, 2.75) is 59.8 Å². The van der Waals surface area contributed by atoms with Crippen molar-refractivity contribution in [3.8, 4) is 0 Å². The van der Waals surface area contributed by atoms with Crippen molar-refractivity contribution in [2.75, 3.05) is 0 Å². The smallest absolute Gasteiger partial charge is 0.156 e. The van der Waals surface area contributed by atoms with Gasteiger partial charge in [0.1, 0.15) is 5.78 Å². The van der Waals surface area contributed by atoms with Crippen LogP contribution in [0.25, 0.3) is 0 Å². The zero-order valence-corrected chi connectivity index (χ0v) is 14.4. The molecule has 0 amide bonds. The number of Topliss-reactive ketones (excluding diaryl/α,β-unsaturated/α-hetero) is 1. The summed E-state index contributed by atoms with van der Waals surface area (Å²) in [7, 11) is 0. The highest BCUT2D eigenvalue weighted by molar-refractivity contribution is 5.93. The quantitative estimate of drug-likeness (QED) is 0.668. The van der Waals surface area contributed by atoms with Crippen LogP contribution in [0.15, 0.2) is 24.3 Å². The minimum absolute atomic E-state index is 0.0252. The van der Waals surface area contributed by atoms with Gasteiger partial charge in [0.15, 0.2) is 5.78 Å². The molecule has 2 nitrogen and oxygen atoms in total. The minimum Gasteiger partial charge on any atom is -0.299 e. The van der Waals surface area contributed by atoms with Gasteiger partial charge >= 0.3 is 0 Å². The standard InChI is InChI=1S/C20H28O2/c1-6-19(4)10-13-7-8-15-16(20(13,5)12-17(19)22)9-14(21)11-18(15,2)3/h6,9,13,15H,1,7-8,10-12H2,2-5H3. The highest BCUT2D eigenvalue weighted by Crippen LogP contribution is 2.62. The Morgan fingerprint density at radius 3 is 2.45 bits per heavy atom. The predicted octanol–water partition coefficient (Wildman–Crippen LogP) is 4.50. The largest absolute Gasteiger partial charge is 0.299 e. The van der Waals surface area contributed by atoms with E-state index < -0.39 is 0 Å². The van der Waals surface area contributed by atoms with Crippen molar-refractivity contribution < 1.29 is 9.59 Å². The van der Waals surface area contributed by atoms with E-state index >= 15 is 0 Å². The van der Waals surface area contributed by atoms with Gasteiger partial charge in [-0.15, -0.1) is 6.58 Å². The summed E-state index contributed by atoms with van der Waals surface area (Å²) in [5.74, 6) is 1.46. The Labute approximate surface area is 134 Å². The number of rotatable bonds is 1. The molecule has 3 aliphatic carbocycles. The topological polar surface area (TPSA) is 34.1 Å². The average Bonchev–Trinajstić information content (AvgIpc) is 2.40. The Hall–Kier alpha value is -1.18. The van der Waals surface area contributed by atoms with E-state index in [9.17, 15) is 9.59 Å². The summed E-state index contributed by atoms with van der Waals surface area (Å²) in [5.41, 5.74) is 0.781. The maximum absolute atomic E-state index is 12.7. The first-order valence-corrected chi connectivity index (χ1v) is 8.54. The van der Waals surface area contributed by atoms with Crippen molar-refractivity contribution in [1.82, 2.24) is 0 Å². The summed E-state index contributed by atoms with van der Waals surface area (Å²) in [6, 6.07) is 0. The van der Waals surface area contributed by atoms with Crippen LogP contribution in [0.4, 0.5) is 0 Å². The van der Waals surface area contributed by atoms with Gasteiger partial charge in [0.25, 0.3) is 0 Å². The van der Waals surface area contributed by atoms with E-state index in [-0.39, 0.29) is 22.0 Å². The average molecular weight is 300 g/mol. The van der Waals surface area contributed by atoms with Crippen molar-refractivity contribution >= 4 is 11.6 Å². The van der Waals surface area contributed by atoms with Gasteiger partial charge in [0.2, 0.25) is 0 Å². The van der Waals surface area contributed by atoms with Crippen molar-refractivity contribution in [3.63, 3.8) is 0 Å². The van der Waals surface area contributed by atoms with Crippen LogP contribution in [0.1, 0.15) is 59.8 Å². The van der Waals surface area contributed by atoms with Gasteiger partial charge < -0.3 is 0 Å². The second-order valence-electron chi connectivity index (χ2n) is 8.90. The van der Waals surface area contributed by atoms with Crippen molar-refractivity contribution in [3.05, 3.63) is 24.3 Å². The van der Waals surface area contributed by atoms with Gasteiger partial charge in [-0.1, -0.05) is 32.4 Å². The number of fused-ring (bicyclic) bond motifs is 3. The lowest BCUT2D eigenvalue weighted by Gasteiger charge is -2.57. The molecule has 0 aliphatic heterocycles. The van der Waals surface area contributed by atoms with E-state index in [0.717, 1.165) is 19.3 Å². The van der Waals surface area contributed by atoms with Crippen molar-refractivity contribution in [2.24, 2.45) is 28.1 Å². The fourth-order valence-corrected chi connectivity index (χ4v) is 5.28. The number of allylic oxidation sites excluding steroid dienone is 3. The maximum Gasteiger partial charge on any atom is 0.156 e. The number of carbonyl (C=O) groups is 2. The van der Waals surface area contributed by atoms with Crippen LogP contribution in [0.5, 0.6) is 0 Å². The molecule has 0 aromatic carbocycles. The molecule has 2 fully saturated rings. The zero-order chi connectivity index (χ0) is 16.3. The second kappa shape index (κ2) is 4.66. The lowest BCUT2D eigenvalue weighted by molar-refractivity contribution is -0.136. The molecule has 22 heavy (non-hydrogen) atoms. The summed E-state index contributed by atoms with van der Waals surface area (Å²) in [6.45, 7) is 12.6. The summed E-state index contributed by atoms with van der Waals surface area (Å²) in [4.78, 5) is 25.0. The number of hydrogen-bond acceptors (Lipinski definition) is 2. The van der Waals surface area contributed by atoms with Gasteiger partial charge in [0, 0.05) is 18.3 Å². The summed E-state index contributed by atoms with van der Waals surface area (Å²) in [5, 5.41) is 0. The predicted molar refractivity (Wildman–Crippen MR) is 88.4 cm³/mol. The van der Waals surface area contributed by atoms with Crippen LogP contribution in [0.2, 0.25) is 0 Å². The molecule has 0 saturated heterocycles. The molecular weight excluding hydrogens is 272 g/mol. The van der Waals surface area contributed by atoms with Gasteiger partial charge in [-0.2, -0.15) is 0 Å². The Bertz CT molecular complexity index is 583. The molecule has 2 heteroatoms. The molecular formula is C20H28O2. The third-order valence-electron chi connectivity index (χ3n) is 6.92. The first-order valence-electron chi connectivity index (χ1n) is 8.54. The van der Waals surface area contributed by atoms with Crippen LogP contribution in [0.3, 0.4) is 0 Å². The zero-order valence-electron chi connectivity index (χ0n) is 14.4. The first-order chi connectivity index (χ1) is 10.1. The van der Waals surface area contributed by atoms with E-state index in [1.165, 1.54) is 5.57 Å². The van der Waals surface area contributed by atoms with Gasteiger partial charge in [-0.25, -0.2) is 0 Å². The normalized spacial score (nSPS) is 43.9. The van der Waals surface area contributed by atoms with Gasteiger partial charge in [-0.05, 0) is 54.9 Å². The van der Waals surface area contributed by atoms with E-state index in [1.54, 1.807) is 0 Å². The summed E-state index contributed by atoms with van der Waals surface area (Å²) in [6.07, 6.45) is 8.12. The van der Waals surface area contributed by atoms with E-state index in [0.29, 0.717) is 30.5 Å². The second-order valence-corrected chi connectivity index (χ2v) is 8.90. The lowest BCUT2D eigenvalue weighted by Crippen LogP contribution is -2.52. The Balaban J connectivity index is 2.04. The van der Waals surface area contributed by atoms with Crippen LogP contribution >= 0.6 is 0 Å². The minimum atomic E-state index is -0.383. The third-order valence-corrected chi connectivity index (χ3v) is 6.92. The van der Waals surface area contributed by atoms with Crippen LogP contribution < -0.4 is 0 Å². The SMILES string of the molecule is C=CC1(C)CC2CCC3C(=CC(=O)CC3(C)C)C2(C)CC1=O. The molecule has 0 aromatic heterocycles. The highest BCUT2D eigenvalue weighted by Gasteiger charge is 2.56. The molecule has 2 saturated carbocycles. The van der Waals surface area contributed by atoms with Crippen LogP contribution in [-0.4, -0.2) is 11.6 Å². The molecule has 120 valence electrons. The monoisotopic (exact) mass is 300 g/mol. The fourth-order valence-electron chi connectivity index (χ4n) is 5.28. The number of carbonyl (C=O) groups excluding carboxylic acids is 2. The van der Waals surface area contributed by atoms with Gasteiger partial charge in [0.05, 0.1) is 0 Å². The van der Waals surface area contributed by atoms with Crippen molar-refractivity contribution in [1.29, 1.82) is 0 Å². The molecule has 3 rings (SSSR count). The maximum atomic E-state index is 12.7. The number of ketones is 2. The molecule has 0 radical (unpaired) electrons. The molecule has 0 heterocycles. The molecule has 0 bridgehead atoms. The molecule has 0 spiro atoms. The van der Waals surface area contributed by atoms with Crippen LogP contribution in [0, 0.1) is 28.1 Å². The first kappa shape index (κ1) is 15.7. The highest BCUT2D eigenvalue weighted by atomic mass is 16.1. The fraction of sp³-hybridized carbons (Fsp3) is 0.700. The lowest BCUT2D eigenvalue weighted by atomic mass is 9.47. The molecule has 4 unspecified atom stereocenters. The Kier molecular flexibility index (Phi) is 3.33. The summed E-state index contributed by atoms with van der Waals surface area (Å²) < 4.78 is 0. The van der Waals surface area contributed by atoms with E-state index in [2.05, 4.69) is 27.4 Å². The van der Waals surface area contributed by atoms with Crippen LogP contribution in [-0.2, 0) is 9.59 Å².